The standard InChI is InChI=1S/C11H16O2S/c1-8(2)10(11(12)13)6-5-9-4-3-7-14-9/h3-4,7-8,10H,5-6H2,1-2H3,(H,12,13). The molecule has 0 aliphatic rings. The third-order valence-electron chi connectivity index (χ3n) is 2.40. The van der Waals surface area contributed by atoms with Crippen molar-refractivity contribution in [3.8, 4) is 0 Å². The second kappa shape index (κ2) is 5.15. The molecule has 3 heteroatoms. The molecular weight excluding hydrogens is 196 g/mol. The summed E-state index contributed by atoms with van der Waals surface area (Å²) in [6.07, 6.45) is 1.63. The van der Waals surface area contributed by atoms with E-state index in [1.165, 1.54) is 4.88 Å². The molecule has 1 heterocycles. The summed E-state index contributed by atoms with van der Waals surface area (Å²) < 4.78 is 0. The molecular formula is C11H16O2S. The molecule has 0 spiro atoms. The molecule has 78 valence electrons. The summed E-state index contributed by atoms with van der Waals surface area (Å²) in [5, 5.41) is 11.0. The minimum atomic E-state index is -0.670. The second-order valence-corrected chi connectivity index (χ2v) is 4.84. The van der Waals surface area contributed by atoms with Gasteiger partial charge in [0, 0.05) is 4.88 Å². The number of carboxylic acids is 1. The predicted octanol–water partition coefficient (Wildman–Crippen LogP) is 3.04. The third-order valence-corrected chi connectivity index (χ3v) is 3.34. The van der Waals surface area contributed by atoms with Crippen LogP contribution in [0.2, 0.25) is 0 Å². The Kier molecular flexibility index (Phi) is 4.14. The van der Waals surface area contributed by atoms with E-state index < -0.39 is 5.97 Å². The van der Waals surface area contributed by atoms with Crippen molar-refractivity contribution in [3.05, 3.63) is 22.4 Å². The largest absolute Gasteiger partial charge is 0.481 e. The number of carbonyl (C=O) groups is 1. The predicted molar refractivity (Wildman–Crippen MR) is 58.6 cm³/mol. The second-order valence-electron chi connectivity index (χ2n) is 3.81. The van der Waals surface area contributed by atoms with Crippen molar-refractivity contribution < 1.29 is 9.90 Å². The van der Waals surface area contributed by atoms with Gasteiger partial charge in [0.25, 0.3) is 0 Å². The van der Waals surface area contributed by atoms with Crippen LogP contribution in [0.15, 0.2) is 17.5 Å². The third kappa shape index (κ3) is 3.14. The monoisotopic (exact) mass is 212 g/mol. The van der Waals surface area contributed by atoms with Crippen LogP contribution in [0.5, 0.6) is 0 Å². The Bertz CT molecular complexity index is 277. The average Bonchev–Trinajstić information content (AvgIpc) is 2.55. The minimum absolute atomic E-state index is 0.211. The van der Waals surface area contributed by atoms with Crippen LogP contribution >= 0.6 is 11.3 Å². The first-order valence-corrected chi connectivity index (χ1v) is 5.74. The normalized spacial score (nSPS) is 13.1. The lowest BCUT2D eigenvalue weighted by Gasteiger charge is -2.15. The van der Waals surface area contributed by atoms with Crippen molar-refractivity contribution in [1.82, 2.24) is 0 Å². The summed E-state index contributed by atoms with van der Waals surface area (Å²) in [6, 6.07) is 4.06. The highest BCUT2D eigenvalue weighted by atomic mass is 32.1. The van der Waals surface area contributed by atoms with Crippen molar-refractivity contribution in [1.29, 1.82) is 0 Å². The number of aliphatic carboxylic acids is 1. The fraction of sp³-hybridized carbons (Fsp3) is 0.545. The van der Waals surface area contributed by atoms with E-state index in [0.29, 0.717) is 0 Å². The van der Waals surface area contributed by atoms with E-state index in [4.69, 9.17) is 5.11 Å². The lowest BCUT2D eigenvalue weighted by atomic mass is 9.91. The highest BCUT2D eigenvalue weighted by molar-refractivity contribution is 7.09. The maximum atomic E-state index is 10.9. The summed E-state index contributed by atoms with van der Waals surface area (Å²) in [5.74, 6) is -0.666. The van der Waals surface area contributed by atoms with Crippen molar-refractivity contribution >= 4 is 17.3 Å². The summed E-state index contributed by atoms with van der Waals surface area (Å²) in [5.41, 5.74) is 0. The highest BCUT2D eigenvalue weighted by Gasteiger charge is 2.20. The van der Waals surface area contributed by atoms with Gasteiger partial charge >= 0.3 is 5.97 Å². The number of thiophene rings is 1. The van der Waals surface area contributed by atoms with Gasteiger partial charge in [-0.2, -0.15) is 0 Å². The van der Waals surface area contributed by atoms with Crippen LogP contribution in [0.1, 0.15) is 25.1 Å². The van der Waals surface area contributed by atoms with Gasteiger partial charge in [0.1, 0.15) is 0 Å². The van der Waals surface area contributed by atoms with E-state index in [0.717, 1.165) is 12.8 Å². The van der Waals surface area contributed by atoms with Crippen LogP contribution in [0.4, 0.5) is 0 Å². The Hall–Kier alpha value is -0.830. The Morgan fingerprint density at radius 2 is 2.29 bits per heavy atom. The van der Waals surface area contributed by atoms with Gasteiger partial charge in [-0.3, -0.25) is 4.79 Å². The van der Waals surface area contributed by atoms with Crippen LogP contribution in [0.3, 0.4) is 0 Å². The quantitative estimate of drug-likeness (QED) is 0.814. The summed E-state index contributed by atoms with van der Waals surface area (Å²) in [6.45, 7) is 3.93. The molecule has 0 fully saturated rings. The summed E-state index contributed by atoms with van der Waals surface area (Å²) in [4.78, 5) is 12.2. The van der Waals surface area contributed by atoms with Gasteiger partial charge in [-0.05, 0) is 30.2 Å². The van der Waals surface area contributed by atoms with E-state index in [1.807, 2.05) is 25.3 Å². The number of hydrogen-bond acceptors (Lipinski definition) is 2. The van der Waals surface area contributed by atoms with Crippen LogP contribution in [0.25, 0.3) is 0 Å². The Morgan fingerprint density at radius 1 is 1.57 bits per heavy atom. The first-order valence-electron chi connectivity index (χ1n) is 4.86. The molecule has 14 heavy (non-hydrogen) atoms. The minimum Gasteiger partial charge on any atom is -0.481 e. The van der Waals surface area contributed by atoms with Gasteiger partial charge in [-0.25, -0.2) is 0 Å². The van der Waals surface area contributed by atoms with E-state index in [1.54, 1.807) is 11.3 Å². The zero-order valence-electron chi connectivity index (χ0n) is 8.56. The molecule has 0 saturated carbocycles. The average molecular weight is 212 g/mol. The van der Waals surface area contributed by atoms with Crippen molar-refractivity contribution in [2.45, 2.75) is 26.7 Å². The molecule has 1 aromatic heterocycles. The molecule has 0 saturated heterocycles. The first-order chi connectivity index (χ1) is 6.61. The Labute approximate surface area is 88.6 Å². The van der Waals surface area contributed by atoms with Crippen LogP contribution in [-0.2, 0) is 11.2 Å². The molecule has 0 radical (unpaired) electrons. The highest BCUT2D eigenvalue weighted by Crippen LogP contribution is 2.20. The Morgan fingerprint density at radius 3 is 2.71 bits per heavy atom. The topological polar surface area (TPSA) is 37.3 Å². The van der Waals surface area contributed by atoms with Gasteiger partial charge < -0.3 is 5.11 Å². The van der Waals surface area contributed by atoms with Crippen LogP contribution in [-0.4, -0.2) is 11.1 Å². The SMILES string of the molecule is CC(C)C(CCc1cccs1)C(=O)O. The summed E-state index contributed by atoms with van der Waals surface area (Å²) >= 11 is 1.70. The van der Waals surface area contributed by atoms with Crippen molar-refractivity contribution in [2.75, 3.05) is 0 Å². The lowest BCUT2D eigenvalue weighted by molar-refractivity contribution is -0.143. The molecule has 0 aliphatic carbocycles. The maximum Gasteiger partial charge on any atom is 0.306 e. The zero-order chi connectivity index (χ0) is 10.6. The molecule has 0 bridgehead atoms. The smallest absolute Gasteiger partial charge is 0.306 e. The van der Waals surface area contributed by atoms with Crippen molar-refractivity contribution in [2.24, 2.45) is 11.8 Å². The number of carboxylic acid groups (broad SMARTS) is 1. The molecule has 1 N–H and O–H groups in total. The number of rotatable bonds is 5. The van der Waals surface area contributed by atoms with E-state index in [-0.39, 0.29) is 11.8 Å². The molecule has 1 unspecified atom stereocenters. The fourth-order valence-corrected chi connectivity index (χ4v) is 2.22. The molecule has 1 rings (SSSR count). The Balaban J connectivity index is 2.45. The fourth-order valence-electron chi connectivity index (χ4n) is 1.49. The molecule has 1 aromatic rings. The lowest BCUT2D eigenvalue weighted by Crippen LogP contribution is -2.20. The van der Waals surface area contributed by atoms with Gasteiger partial charge in [0.15, 0.2) is 0 Å². The maximum absolute atomic E-state index is 10.9. The van der Waals surface area contributed by atoms with Crippen LogP contribution in [0, 0.1) is 11.8 Å². The molecule has 0 aromatic carbocycles. The van der Waals surface area contributed by atoms with Crippen molar-refractivity contribution in [3.63, 3.8) is 0 Å². The van der Waals surface area contributed by atoms with Gasteiger partial charge in [-0.1, -0.05) is 19.9 Å². The van der Waals surface area contributed by atoms with E-state index in [2.05, 4.69) is 6.07 Å². The molecule has 1 atom stereocenters. The first kappa shape index (κ1) is 11.2. The molecule has 2 nitrogen and oxygen atoms in total. The number of aryl methyl sites for hydroxylation is 1. The molecule has 0 amide bonds. The van der Waals surface area contributed by atoms with Gasteiger partial charge in [0.05, 0.1) is 5.92 Å². The number of hydrogen-bond donors (Lipinski definition) is 1. The zero-order valence-corrected chi connectivity index (χ0v) is 9.38. The van der Waals surface area contributed by atoms with Gasteiger partial charge in [-0.15, -0.1) is 11.3 Å². The van der Waals surface area contributed by atoms with Gasteiger partial charge in [0.2, 0.25) is 0 Å². The van der Waals surface area contributed by atoms with Crippen LogP contribution < -0.4 is 0 Å². The van der Waals surface area contributed by atoms with E-state index in [9.17, 15) is 4.79 Å². The molecule has 0 aliphatic heterocycles. The van der Waals surface area contributed by atoms with E-state index >= 15 is 0 Å². The summed E-state index contributed by atoms with van der Waals surface area (Å²) in [7, 11) is 0.